The Labute approximate surface area is 81.8 Å². The first-order chi connectivity index (χ1) is 6.81. The molecule has 3 heteroatoms. The maximum absolute atomic E-state index is 11.3. The molecule has 0 saturated carbocycles. The second-order valence-electron chi connectivity index (χ2n) is 3.23. The average Bonchev–Trinajstić information content (AvgIpc) is 2.18. The lowest BCUT2D eigenvalue weighted by Gasteiger charge is -2.04. The smallest absolute Gasteiger partial charge is 0.248 e. The zero-order chi connectivity index (χ0) is 9.97. The van der Waals surface area contributed by atoms with E-state index < -0.39 is 0 Å². The van der Waals surface area contributed by atoms with Crippen LogP contribution in [0, 0.1) is 0 Å². The number of benzene rings is 1. The minimum absolute atomic E-state index is 0.0473. The van der Waals surface area contributed by atoms with Gasteiger partial charge in [0.2, 0.25) is 5.56 Å². The Kier molecular flexibility index (Phi) is 2.33. The summed E-state index contributed by atoms with van der Waals surface area (Å²) < 4.78 is 0. The van der Waals surface area contributed by atoms with Gasteiger partial charge in [-0.2, -0.15) is 0 Å². The first kappa shape index (κ1) is 8.97. The molecule has 0 unspecified atom stereocenters. The Morgan fingerprint density at radius 2 is 2.14 bits per heavy atom. The first-order valence-corrected chi connectivity index (χ1v) is 4.57. The monoisotopic (exact) mass is 188 g/mol. The van der Waals surface area contributed by atoms with E-state index in [1.807, 2.05) is 31.3 Å². The van der Waals surface area contributed by atoms with Gasteiger partial charge in [-0.05, 0) is 18.7 Å². The van der Waals surface area contributed by atoms with Crippen molar-refractivity contribution in [2.75, 3.05) is 7.05 Å². The van der Waals surface area contributed by atoms with Crippen LogP contribution in [0.5, 0.6) is 0 Å². The summed E-state index contributed by atoms with van der Waals surface area (Å²) in [7, 11) is 1.87. The summed E-state index contributed by atoms with van der Waals surface area (Å²) in [6.07, 6.45) is 0. The molecule has 0 fully saturated rings. The van der Waals surface area contributed by atoms with E-state index in [0.29, 0.717) is 6.54 Å². The number of hydrogen-bond donors (Lipinski definition) is 2. The van der Waals surface area contributed by atoms with Crippen LogP contribution in [0.1, 0.15) is 5.56 Å². The molecule has 0 atom stereocenters. The number of pyridine rings is 1. The molecule has 0 aliphatic carbocycles. The molecule has 0 aliphatic rings. The van der Waals surface area contributed by atoms with Crippen LogP contribution in [0.4, 0.5) is 0 Å². The molecule has 3 nitrogen and oxygen atoms in total. The zero-order valence-corrected chi connectivity index (χ0v) is 8.00. The SMILES string of the molecule is CNCc1cc(=O)[nH]c2ccccc12. The Morgan fingerprint density at radius 3 is 2.93 bits per heavy atom. The van der Waals surface area contributed by atoms with E-state index in [4.69, 9.17) is 0 Å². The van der Waals surface area contributed by atoms with Gasteiger partial charge in [0.15, 0.2) is 0 Å². The number of fused-ring (bicyclic) bond motifs is 1. The van der Waals surface area contributed by atoms with Crippen LogP contribution in [0.3, 0.4) is 0 Å². The molecule has 1 aromatic carbocycles. The van der Waals surface area contributed by atoms with Crippen molar-refractivity contribution in [1.29, 1.82) is 0 Å². The lowest BCUT2D eigenvalue weighted by atomic mass is 10.1. The van der Waals surface area contributed by atoms with Crippen molar-refractivity contribution in [2.24, 2.45) is 0 Å². The average molecular weight is 188 g/mol. The molecule has 0 spiro atoms. The second kappa shape index (κ2) is 3.64. The summed E-state index contributed by atoms with van der Waals surface area (Å²) in [5.74, 6) is 0. The molecule has 0 amide bonds. The van der Waals surface area contributed by atoms with E-state index in [-0.39, 0.29) is 5.56 Å². The molecule has 2 rings (SSSR count). The summed E-state index contributed by atoms with van der Waals surface area (Å²) in [6, 6.07) is 9.45. The van der Waals surface area contributed by atoms with E-state index >= 15 is 0 Å². The molecule has 2 aromatic rings. The quantitative estimate of drug-likeness (QED) is 0.745. The third kappa shape index (κ3) is 1.54. The van der Waals surface area contributed by atoms with Crippen molar-refractivity contribution < 1.29 is 0 Å². The highest BCUT2D eigenvalue weighted by Crippen LogP contribution is 2.13. The molecular formula is C11H12N2O. The Morgan fingerprint density at radius 1 is 1.36 bits per heavy atom. The van der Waals surface area contributed by atoms with Gasteiger partial charge in [0.05, 0.1) is 0 Å². The molecule has 1 heterocycles. The normalized spacial score (nSPS) is 10.6. The van der Waals surface area contributed by atoms with Crippen molar-refractivity contribution in [2.45, 2.75) is 6.54 Å². The molecule has 72 valence electrons. The maximum atomic E-state index is 11.3. The van der Waals surface area contributed by atoms with Gasteiger partial charge in [-0.3, -0.25) is 4.79 Å². The van der Waals surface area contributed by atoms with Crippen molar-refractivity contribution >= 4 is 10.9 Å². The second-order valence-corrected chi connectivity index (χ2v) is 3.23. The first-order valence-electron chi connectivity index (χ1n) is 4.57. The lowest BCUT2D eigenvalue weighted by Crippen LogP contribution is -2.11. The summed E-state index contributed by atoms with van der Waals surface area (Å²) in [6.45, 7) is 0.713. The summed E-state index contributed by atoms with van der Waals surface area (Å²) >= 11 is 0. The van der Waals surface area contributed by atoms with Gasteiger partial charge in [0.25, 0.3) is 0 Å². The molecule has 0 aliphatic heterocycles. The molecule has 0 bridgehead atoms. The van der Waals surface area contributed by atoms with Crippen LogP contribution < -0.4 is 10.9 Å². The summed E-state index contributed by atoms with van der Waals surface area (Å²) in [4.78, 5) is 14.1. The number of nitrogens with one attached hydrogen (secondary N) is 2. The van der Waals surface area contributed by atoms with E-state index in [1.54, 1.807) is 6.07 Å². The predicted molar refractivity (Wildman–Crippen MR) is 57.3 cm³/mol. The Hall–Kier alpha value is -1.61. The largest absolute Gasteiger partial charge is 0.322 e. The van der Waals surface area contributed by atoms with Crippen LogP contribution in [-0.4, -0.2) is 12.0 Å². The fourth-order valence-electron chi connectivity index (χ4n) is 1.61. The number of para-hydroxylation sites is 1. The highest BCUT2D eigenvalue weighted by molar-refractivity contribution is 5.81. The Balaban J connectivity index is 2.73. The minimum Gasteiger partial charge on any atom is -0.322 e. The van der Waals surface area contributed by atoms with Crippen LogP contribution >= 0.6 is 0 Å². The standard InChI is InChI=1S/C11H12N2O/c1-12-7-8-6-11(14)13-10-5-3-2-4-9(8)10/h2-6,12H,7H2,1H3,(H,13,14). The van der Waals surface area contributed by atoms with Crippen molar-refractivity contribution in [3.8, 4) is 0 Å². The van der Waals surface area contributed by atoms with Crippen molar-refractivity contribution in [1.82, 2.24) is 10.3 Å². The van der Waals surface area contributed by atoms with Crippen molar-refractivity contribution in [3.05, 3.63) is 46.2 Å². The van der Waals surface area contributed by atoms with Gasteiger partial charge >= 0.3 is 0 Å². The van der Waals surface area contributed by atoms with E-state index in [2.05, 4.69) is 10.3 Å². The van der Waals surface area contributed by atoms with Gasteiger partial charge in [-0.25, -0.2) is 0 Å². The van der Waals surface area contributed by atoms with Crippen LogP contribution in [0.25, 0.3) is 10.9 Å². The topological polar surface area (TPSA) is 44.9 Å². The number of hydrogen-bond acceptors (Lipinski definition) is 2. The van der Waals surface area contributed by atoms with Crippen LogP contribution in [-0.2, 0) is 6.54 Å². The van der Waals surface area contributed by atoms with E-state index in [1.165, 1.54) is 0 Å². The number of rotatable bonds is 2. The maximum Gasteiger partial charge on any atom is 0.248 e. The Bertz CT molecular complexity index is 502. The fraction of sp³-hybridized carbons (Fsp3) is 0.182. The van der Waals surface area contributed by atoms with Gasteiger partial charge in [0, 0.05) is 23.5 Å². The molecular weight excluding hydrogens is 176 g/mol. The van der Waals surface area contributed by atoms with E-state index in [9.17, 15) is 4.79 Å². The third-order valence-electron chi connectivity index (χ3n) is 2.20. The summed E-state index contributed by atoms with van der Waals surface area (Å²) in [5.41, 5.74) is 1.88. The molecule has 0 radical (unpaired) electrons. The van der Waals surface area contributed by atoms with Crippen LogP contribution in [0.15, 0.2) is 35.1 Å². The highest BCUT2D eigenvalue weighted by atomic mass is 16.1. The predicted octanol–water partition coefficient (Wildman–Crippen LogP) is 1.25. The lowest BCUT2D eigenvalue weighted by molar-refractivity contribution is 0.821. The number of aromatic amines is 1. The summed E-state index contributed by atoms with van der Waals surface area (Å²) in [5, 5.41) is 4.15. The van der Waals surface area contributed by atoms with Gasteiger partial charge < -0.3 is 10.3 Å². The number of aromatic nitrogens is 1. The third-order valence-corrected chi connectivity index (χ3v) is 2.20. The molecule has 2 N–H and O–H groups in total. The highest BCUT2D eigenvalue weighted by Gasteiger charge is 2.00. The van der Waals surface area contributed by atoms with Gasteiger partial charge in [-0.15, -0.1) is 0 Å². The van der Waals surface area contributed by atoms with Gasteiger partial charge in [-0.1, -0.05) is 18.2 Å². The minimum atomic E-state index is -0.0473. The molecule has 0 saturated heterocycles. The zero-order valence-electron chi connectivity index (χ0n) is 8.00. The molecule has 1 aromatic heterocycles. The fourth-order valence-corrected chi connectivity index (χ4v) is 1.61. The number of H-pyrrole nitrogens is 1. The van der Waals surface area contributed by atoms with Gasteiger partial charge in [0.1, 0.15) is 0 Å². The van der Waals surface area contributed by atoms with Crippen molar-refractivity contribution in [3.63, 3.8) is 0 Å². The van der Waals surface area contributed by atoms with E-state index in [0.717, 1.165) is 16.5 Å². The molecule has 14 heavy (non-hydrogen) atoms. The van der Waals surface area contributed by atoms with Crippen LogP contribution in [0.2, 0.25) is 0 Å².